The quantitative estimate of drug-likeness (QED) is 0.797. The number of halogens is 3. The maximum absolute atomic E-state index is 12.7. The Labute approximate surface area is 149 Å². The van der Waals surface area contributed by atoms with E-state index in [0.29, 0.717) is 24.2 Å². The van der Waals surface area contributed by atoms with Gasteiger partial charge in [-0.1, -0.05) is 12.1 Å². The fourth-order valence-corrected chi connectivity index (χ4v) is 3.26. The number of carboxylic acid groups (broad SMARTS) is 1. The highest BCUT2D eigenvalue weighted by Crippen LogP contribution is 2.40. The summed E-state index contributed by atoms with van der Waals surface area (Å²) in [5, 5.41) is 11.8. The van der Waals surface area contributed by atoms with Gasteiger partial charge in [-0.05, 0) is 49.3 Å². The number of carboxylic acids is 1. The van der Waals surface area contributed by atoms with Crippen LogP contribution in [0.5, 0.6) is 5.75 Å². The largest absolute Gasteiger partial charge is 0.497 e. The third-order valence-electron chi connectivity index (χ3n) is 4.79. The molecule has 8 heteroatoms. The van der Waals surface area contributed by atoms with Crippen molar-refractivity contribution in [3.8, 4) is 5.75 Å². The van der Waals surface area contributed by atoms with Gasteiger partial charge in [-0.25, -0.2) is 4.79 Å². The second-order valence-corrected chi connectivity index (χ2v) is 6.58. The van der Waals surface area contributed by atoms with Crippen molar-refractivity contribution in [2.24, 2.45) is 11.8 Å². The molecule has 0 heterocycles. The third-order valence-corrected chi connectivity index (χ3v) is 4.79. The number of rotatable bonds is 6. The van der Waals surface area contributed by atoms with Gasteiger partial charge in [-0.3, -0.25) is 4.79 Å². The minimum absolute atomic E-state index is 0.0162. The van der Waals surface area contributed by atoms with Crippen molar-refractivity contribution in [3.63, 3.8) is 0 Å². The number of ether oxygens (including phenoxy) is 1. The Balaban J connectivity index is 1.91. The summed E-state index contributed by atoms with van der Waals surface area (Å²) in [7, 11) is 1.49. The van der Waals surface area contributed by atoms with Gasteiger partial charge < -0.3 is 15.2 Å². The zero-order valence-electron chi connectivity index (χ0n) is 14.4. The topological polar surface area (TPSA) is 75.6 Å². The van der Waals surface area contributed by atoms with E-state index < -0.39 is 30.0 Å². The molecule has 1 aliphatic carbocycles. The molecule has 0 saturated heterocycles. The summed E-state index contributed by atoms with van der Waals surface area (Å²) in [5.41, 5.74) is 0.396. The van der Waals surface area contributed by atoms with E-state index in [-0.39, 0.29) is 25.2 Å². The highest BCUT2D eigenvalue weighted by atomic mass is 19.4. The lowest BCUT2D eigenvalue weighted by molar-refractivity contribution is -0.184. The first-order valence-corrected chi connectivity index (χ1v) is 8.43. The van der Waals surface area contributed by atoms with Crippen molar-refractivity contribution in [2.45, 2.75) is 44.3 Å². The summed E-state index contributed by atoms with van der Waals surface area (Å²) in [6.45, 7) is 0. The predicted molar refractivity (Wildman–Crippen MR) is 87.6 cm³/mol. The van der Waals surface area contributed by atoms with Crippen LogP contribution in [0.1, 0.15) is 43.7 Å². The number of aliphatic carboxylic acids is 1. The number of hydrogen-bond donors (Lipinski definition) is 2. The van der Waals surface area contributed by atoms with Gasteiger partial charge >= 0.3 is 12.1 Å². The summed E-state index contributed by atoms with van der Waals surface area (Å²) >= 11 is 0. The van der Waals surface area contributed by atoms with E-state index in [1.807, 2.05) is 0 Å². The van der Waals surface area contributed by atoms with Crippen molar-refractivity contribution in [1.82, 2.24) is 5.32 Å². The van der Waals surface area contributed by atoms with Crippen LogP contribution in [0.25, 0.3) is 0 Å². The molecule has 1 fully saturated rings. The highest BCUT2D eigenvalue weighted by Gasteiger charge is 2.41. The molecule has 2 rings (SSSR count). The number of benzene rings is 1. The van der Waals surface area contributed by atoms with E-state index >= 15 is 0 Å². The van der Waals surface area contributed by atoms with Crippen molar-refractivity contribution in [3.05, 3.63) is 29.8 Å². The molecular weight excluding hydrogens is 351 g/mol. The monoisotopic (exact) mass is 373 g/mol. The first kappa shape index (κ1) is 20.1. The molecule has 1 aliphatic rings. The van der Waals surface area contributed by atoms with Crippen LogP contribution in [0.3, 0.4) is 0 Å². The van der Waals surface area contributed by atoms with E-state index in [0.717, 1.165) is 0 Å². The van der Waals surface area contributed by atoms with Crippen LogP contribution in [0.15, 0.2) is 24.3 Å². The van der Waals surface area contributed by atoms with E-state index in [9.17, 15) is 27.9 Å². The average molecular weight is 373 g/mol. The van der Waals surface area contributed by atoms with E-state index in [1.54, 1.807) is 24.3 Å². The van der Waals surface area contributed by atoms with E-state index in [2.05, 4.69) is 5.32 Å². The molecule has 1 aromatic carbocycles. The molecule has 1 unspecified atom stereocenters. The Bertz CT molecular complexity index is 622. The lowest BCUT2D eigenvalue weighted by atomic mass is 9.80. The average Bonchev–Trinajstić information content (AvgIpc) is 2.59. The third kappa shape index (κ3) is 5.37. The van der Waals surface area contributed by atoms with Gasteiger partial charge in [0.2, 0.25) is 5.91 Å². The minimum Gasteiger partial charge on any atom is -0.497 e. The van der Waals surface area contributed by atoms with Crippen LogP contribution in [-0.2, 0) is 9.59 Å². The zero-order chi connectivity index (χ0) is 19.3. The number of nitrogens with one attached hydrogen (secondary N) is 1. The molecule has 1 atom stereocenters. The smallest absolute Gasteiger partial charge is 0.391 e. The molecule has 0 aliphatic heterocycles. The Morgan fingerprint density at radius 1 is 1.19 bits per heavy atom. The molecule has 1 saturated carbocycles. The highest BCUT2D eigenvalue weighted by molar-refractivity contribution is 5.84. The second-order valence-electron chi connectivity index (χ2n) is 6.58. The van der Waals surface area contributed by atoms with Crippen LogP contribution < -0.4 is 10.1 Å². The van der Waals surface area contributed by atoms with Crippen LogP contribution in [0, 0.1) is 11.8 Å². The first-order valence-electron chi connectivity index (χ1n) is 8.43. The van der Waals surface area contributed by atoms with Gasteiger partial charge in [-0.15, -0.1) is 0 Å². The fraction of sp³-hybridized carbons (Fsp3) is 0.556. The summed E-state index contributed by atoms with van der Waals surface area (Å²) < 4.78 is 43.0. The number of hydrogen-bond acceptors (Lipinski definition) is 3. The Morgan fingerprint density at radius 2 is 1.77 bits per heavy atom. The fourth-order valence-electron chi connectivity index (χ4n) is 3.26. The second kappa shape index (κ2) is 8.42. The van der Waals surface area contributed by atoms with Crippen molar-refractivity contribution in [1.29, 1.82) is 0 Å². The van der Waals surface area contributed by atoms with Gasteiger partial charge in [0.1, 0.15) is 5.75 Å². The van der Waals surface area contributed by atoms with Gasteiger partial charge in [0.05, 0.1) is 13.0 Å². The zero-order valence-corrected chi connectivity index (χ0v) is 14.4. The Kier molecular flexibility index (Phi) is 6.50. The van der Waals surface area contributed by atoms with Crippen LogP contribution in [-0.4, -0.2) is 30.3 Å². The van der Waals surface area contributed by atoms with Crippen LogP contribution >= 0.6 is 0 Å². The number of methoxy groups -OCH3 is 1. The summed E-state index contributed by atoms with van der Waals surface area (Å²) in [6, 6.07) is 5.07. The molecule has 26 heavy (non-hydrogen) atoms. The van der Waals surface area contributed by atoms with E-state index in [4.69, 9.17) is 4.74 Å². The molecule has 1 aromatic rings. The van der Waals surface area contributed by atoms with Gasteiger partial charge in [0.25, 0.3) is 0 Å². The standard InChI is InChI=1S/C18H22F3NO4/c1-26-14-8-4-12(5-9-14)16(17(24)25)22-15(23)10-11-2-6-13(7-3-11)18(19,20)21/h4-5,8-9,11,13,16H,2-3,6-7,10H2,1H3,(H,22,23)(H,24,25). The lowest BCUT2D eigenvalue weighted by Gasteiger charge is -2.29. The van der Waals surface area contributed by atoms with Gasteiger partial charge in [0, 0.05) is 6.42 Å². The maximum Gasteiger partial charge on any atom is 0.391 e. The van der Waals surface area contributed by atoms with E-state index in [1.165, 1.54) is 7.11 Å². The SMILES string of the molecule is COc1ccc(C(NC(=O)CC2CCC(C(F)(F)F)CC2)C(=O)O)cc1. The van der Waals surface area contributed by atoms with Gasteiger partial charge in [0.15, 0.2) is 6.04 Å². The van der Waals surface area contributed by atoms with Crippen LogP contribution in [0.2, 0.25) is 0 Å². The predicted octanol–water partition coefficient (Wildman–Crippen LogP) is 3.70. The number of alkyl halides is 3. The van der Waals surface area contributed by atoms with Crippen molar-refractivity contribution < 1.29 is 32.6 Å². The Hall–Kier alpha value is -2.25. The summed E-state index contributed by atoms with van der Waals surface area (Å²) in [6.07, 6.45) is -3.49. The molecule has 0 spiro atoms. The first-order chi connectivity index (χ1) is 12.2. The molecule has 0 bridgehead atoms. The van der Waals surface area contributed by atoms with Crippen LogP contribution in [0.4, 0.5) is 13.2 Å². The lowest BCUT2D eigenvalue weighted by Crippen LogP contribution is -2.35. The molecule has 1 amide bonds. The number of carbonyl (C=O) groups excluding carboxylic acids is 1. The minimum atomic E-state index is -4.18. The molecular formula is C18H22F3NO4. The molecule has 2 N–H and O–H groups in total. The summed E-state index contributed by atoms with van der Waals surface area (Å²) in [5.74, 6) is -2.56. The molecule has 0 radical (unpaired) electrons. The number of carbonyl (C=O) groups is 2. The molecule has 5 nitrogen and oxygen atoms in total. The Morgan fingerprint density at radius 3 is 2.23 bits per heavy atom. The normalized spacial score (nSPS) is 21.7. The summed E-state index contributed by atoms with van der Waals surface area (Å²) in [4.78, 5) is 23.6. The maximum atomic E-state index is 12.7. The number of amides is 1. The molecule has 0 aromatic heterocycles. The van der Waals surface area contributed by atoms with Crippen molar-refractivity contribution in [2.75, 3.05) is 7.11 Å². The van der Waals surface area contributed by atoms with Crippen molar-refractivity contribution >= 4 is 11.9 Å². The molecule has 144 valence electrons. The van der Waals surface area contributed by atoms with Gasteiger partial charge in [-0.2, -0.15) is 13.2 Å².